The first-order valence-electron chi connectivity index (χ1n) is 10.5. The van der Waals surface area contributed by atoms with E-state index in [4.69, 9.17) is 5.73 Å². The van der Waals surface area contributed by atoms with Crippen LogP contribution in [0.2, 0.25) is 0 Å². The molecule has 0 spiro atoms. The van der Waals surface area contributed by atoms with Gasteiger partial charge >= 0.3 is 0 Å². The number of carbonyl (C=O) groups is 1. The molecule has 2 aliphatic heterocycles. The second-order valence-corrected chi connectivity index (χ2v) is 8.90. The summed E-state index contributed by atoms with van der Waals surface area (Å²) in [5.74, 6) is 0.760. The van der Waals surface area contributed by atoms with E-state index >= 15 is 0 Å². The average molecular weight is 441 g/mol. The molecule has 0 aliphatic carbocycles. The zero-order chi connectivity index (χ0) is 22.0. The molecule has 0 atom stereocenters. The van der Waals surface area contributed by atoms with Crippen LogP contribution in [-0.4, -0.2) is 56.7 Å². The summed E-state index contributed by atoms with van der Waals surface area (Å²) in [6, 6.07) is 0.178. The minimum Gasteiger partial charge on any atom is -0.384 e. The van der Waals surface area contributed by atoms with E-state index in [1.165, 1.54) is 22.1 Å². The number of carbonyl (C=O) groups excluding carboxylic acids is 1. The molecular weight excluding hydrogens is 412 g/mol. The third-order valence-electron chi connectivity index (χ3n) is 5.53. The molecule has 0 unspecified atom stereocenters. The maximum atomic E-state index is 12.2. The van der Waals surface area contributed by atoms with E-state index in [1.54, 1.807) is 6.08 Å². The van der Waals surface area contributed by atoms with Crippen molar-refractivity contribution in [1.82, 2.24) is 24.6 Å². The first-order chi connectivity index (χ1) is 14.9. The Morgan fingerprint density at radius 1 is 1.32 bits per heavy atom. The Kier molecular flexibility index (Phi) is 6.17. The number of aryl methyl sites for hydroxylation is 1. The molecule has 1 fully saturated rings. The molecule has 0 bridgehead atoms. The molecule has 1 amide bonds. The number of nitrogens with two attached hydrogens (primary N) is 1. The van der Waals surface area contributed by atoms with Crippen molar-refractivity contribution < 1.29 is 4.79 Å². The van der Waals surface area contributed by atoms with E-state index in [-0.39, 0.29) is 18.5 Å². The van der Waals surface area contributed by atoms with Crippen molar-refractivity contribution in [1.29, 1.82) is 0 Å². The molecule has 4 heterocycles. The van der Waals surface area contributed by atoms with Crippen molar-refractivity contribution in [2.45, 2.75) is 46.2 Å². The normalized spacial score (nSPS) is 18.9. The smallest absolute Gasteiger partial charge is 0.251 e. The van der Waals surface area contributed by atoms with Crippen LogP contribution in [0.1, 0.15) is 37.1 Å². The van der Waals surface area contributed by atoms with Crippen molar-refractivity contribution in [3.8, 4) is 0 Å². The molecule has 3 N–H and O–H groups in total. The first kappa shape index (κ1) is 21.2. The van der Waals surface area contributed by atoms with Crippen molar-refractivity contribution >= 4 is 34.2 Å². The van der Waals surface area contributed by atoms with Gasteiger partial charge in [-0.25, -0.2) is 9.97 Å². The van der Waals surface area contributed by atoms with Crippen molar-refractivity contribution in [3.05, 3.63) is 41.0 Å². The number of amides is 1. The minimum atomic E-state index is 0.0904. The van der Waals surface area contributed by atoms with E-state index in [1.807, 2.05) is 31.1 Å². The lowest BCUT2D eigenvalue weighted by molar-refractivity contribution is -0.131. The largest absolute Gasteiger partial charge is 0.384 e. The molecular formula is C21H28N8OS. The lowest BCUT2D eigenvalue weighted by atomic mass is 10.1. The van der Waals surface area contributed by atoms with Crippen LogP contribution in [0.3, 0.4) is 0 Å². The fourth-order valence-corrected chi connectivity index (χ4v) is 4.63. The Hall–Kier alpha value is -3.01. The summed E-state index contributed by atoms with van der Waals surface area (Å²) in [6.07, 6.45) is 7.11. The second kappa shape index (κ2) is 9.01. The summed E-state index contributed by atoms with van der Waals surface area (Å²) in [7, 11) is 0. The Morgan fingerprint density at radius 3 is 2.90 bits per heavy atom. The van der Waals surface area contributed by atoms with Crippen LogP contribution in [0.25, 0.3) is 0 Å². The minimum absolute atomic E-state index is 0.0904. The predicted octanol–water partition coefficient (Wildman–Crippen LogP) is 1.91. The van der Waals surface area contributed by atoms with E-state index in [0.717, 1.165) is 29.9 Å². The summed E-state index contributed by atoms with van der Waals surface area (Å²) in [5, 5.41) is 4.35. The Morgan fingerprint density at radius 2 is 2.16 bits per heavy atom. The average Bonchev–Trinajstić information content (AvgIpc) is 3.08. The summed E-state index contributed by atoms with van der Waals surface area (Å²) < 4.78 is 4.28. The SMILES string of the molecule is Cc1cnsc1N1CCc2cnc(/N=C(N)\C=C3\CCN(C(C)C)C(=O)CN3)nc2C1. The lowest BCUT2D eigenvalue weighted by Crippen LogP contribution is -2.39. The number of nitrogens with zero attached hydrogens (tertiary/aromatic N) is 6. The second-order valence-electron chi connectivity index (χ2n) is 8.12. The van der Waals surface area contributed by atoms with Gasteiger partial charge in [0.15, 0.2) is 0 Å². The number of aliphatic imine (C=N–C) groups is 1. The number of nitrogens with one attached hydrogen (secondary N) is 1. The number of anilines is 1. The van der Waals surface area contributed by atoms with E-state index in [0.29, 0.717) is 31.3 Å². The van der Waals surface area contributed by atoms with Crippen LogP contribution >= 0.6 is 11.5 Å². The number of rotatable bonds is 4. The molecule has 0 radical (unpaired) electrons. The van der Waals surface area contributed by atoms with Crippen molar-refractivity contribution in [3.63, 3.8) is 0 Å². The number of hydrogen-bond acceptors (Lipinski definition) is 8. The van der Waals surface area contributed by atoms with E-state index in [9.17, 15) is 4.79 Å². The van der Waals surface area contributed by atoms with Gasteiger partial charge in [-0.3, -0.25) is 4.79 Å². The molecule has 164 valence electrons. The summed E-state index contributed by atoms with van der Waals surface area (Å²) in [6.45, 7) is 8.67. The third kappa shape index (κ3) is 4.84. The maximum Gasteiger partial charge on any atom is 0.251 e. The monoisotopic (exact) mass is 440 g/mol. The molecule has 4 rings (SSSR count). The summed E-state index contributed by atoms with van der Waals surface area (Å²) >= 11 is 1.51. The predicted molar refractivity (Wildman–Crippen MR) is 122 cm³/mol. The van der Waals surface area contributed by atoms with E-state index in [2.05, 4.69) is 36.5 Å². The zero-order valence-electron chi connectivity index (χ0n) is 18.1. The van der Waals surface area contributed by atoms with Gasteiger partial charge in [0.1, 0.15) is 10.8 Å². The standard InChI is InChI=1S/C21H28N8OS/c1-13(2)29-7-5-16(23-11-19(29)30)8-18(22)27-21-24-10-15-4-6-28(12-17(15)26-21)20-14(3)9-25-31-20/h8-10,13,23H,4-7,11-12H2,1-3H3,(H2,22,24,26,27)/b16-8-. The van der Waals surface area contributed by atoms with Crippen LogP contribution in [0.15, 0.2) is 29.2 Å². The highest BCUT2D eigenvalue weighted by Crippen LogP contribution is 2.29. The van der Waals surface area contributed by atoms with Crippen molar-refractivity contribution in [2.75, 3.05) is 24.5 Å². The van der Waals surface area contributed by atoms with Gasteiger partial charge < -0.3 is 20.9 Å². The molecule has 10 heteroatoms. The van der Waals surface area contributed by atoms with Gasteiger partial charge in [0.05, 0.1) is 18.8 Å². The molecule has 9 nitrogen and oxygen atoms in total. The molecule has 2 aliphatic rings. The van der Waals surface area contributed by atoms with Crippen LogP contribution in [0.4, 0.5) is 10.9 Å². The molecule has 1 saturated heterocycles. The fourth-order valence-electron chi connectivity index (χ4n) is 3.85. The number of aromatic nitrogens is 3. The Balaban J connectivity index is 1.48. The van der Waals surface area contributed by atoms with Gasteiger partial charge in [0.25, 0.3) is 5.95 Å². The third-order valence-corrected chi connectivity index (χ3v) is 6.49. The molecule has 31 heavy (non-hydrogen) atoms. The first-order valence-corrected chi connectivity index (χ1v) is 11.3. The lowest BCUT2D eigenvalue weighted by Gasteiger charge is -2.28. The Labute approximate surface area is 186 Å². The van der Waals surface area contributed by atoms with Crippen molar-refractivity contribution in [2.24, 2.45) is 10.7 Å². The highest BCUT2D eigenvalue weighted by Gasteiger charge is 2.22. The number of fused-ring (bicyclic) bond motifs is 1. The van der Waals surface area contributed by atoms with Gasteiger partial charge in [-0.05, 0) is 50.4 Å². The van der Waals surface area contributed by atoms with Gasteiger partial charge in [-0.15, -0.1) is 0 Å². The maximum absolute atomic E-state index is 12.2. The highest BCUT2D eigenvalue weighted by molar-refractivity contribution is 7.10. The van der Waals surface area contributed by atoms with Gasteiger partial charge in [0, 0.05) is 49.2 Å². The topological polar surface area (TPSA) is 113 Å². The number of amidine groups is 1. The van der Waals surface area contributed by atoms with Gasteiger partial charge in [-0.1, -0.05) is 0 Å². The van der Waals surface area contributed by atoms with Crippen LogP contribution in [0.5, 0.6) is 0 Å². The van der Waals surface area contributed by atoms with Crippen LogP contribution < -0.4 is 16.0 Å². The number of hydrogen-bond donors (Lipinski definition) is 2. The molecule has 2 aromatic heterocycles. The van der Waals surface area contributed by atoms with Crippen LogP contribution in [-0.2, 0) is 17.8 Å². The van der Waals surface area contributed by atoms with Crippen LogP contribution in [0, 0.1) is 6.92 Å². The zero-order valence-corrected chi connectivity index (χ0v) is 18.9. The molecule has 2 aromatic rings. The summed E-state index contributed by atoms with van der Waals surface area (Å²) in [4.78, 5) is 29.8. The van der Waals surface area contributed by atoms with Gasteiger partial charge in [-0.2, -0.15) is 9.37 Å². The quantitative estimate of drug-likeness (QED) is 0.551. The fraction of sp³-hybridized carbons (Fsp3) is 0.476. The Bertz CT molecular complexity index is 1030. The van der Waals surface area contributed by atoms with E-state index < -0.39 is 0 Å². The highest BCUT2D eigenvalue weighted by atomic mass is 32.1. The molecule has 0 aromatic carbocycles. The summed E-state index contributed by atoms with van der Waals surface area (Å²) in [5.41, 5.74) is 10.3. The molecule has 0 saturated carbocycles. The van der Waals surface area contributed by atoms with Gasteiger partial charge in [0.2, 0.25) is 5.91 Å².